The van der Waals surface area contributed by atoms with Gasteiger partial charge in [-0.05, 0) is 36.2 Å². The lowest BCUT2D eigenvalue weighted by atomic mass is 10.1. The highest BCUT2D eigenvalue weighted by molar-refractivity contribution is 5.97. The first-order valence-corrected chi connectivity index (χ1v) is 8.88. The number of benzene rings is 2. The minimum atomic E-state index is -0.238. The van der Waals surface area contributed by atoms with Gasteiger partial charge in [0.15, 0.2) is 11.5 Å². The number of nitrogens with zero attached hydrogens (tertiary/aromatic N) is 1. The van der Waals surface area contributed by atoms with E-state index in [-0.39, 0.29) is 18.4 Å². The van der Waals surface area contributed by atoms with Crippen molar-refractivity contribution >= 4 is 17.5 Å². The summed E-state index contributed by atoms with van der Waals surface area (Å²) in [6.07, 6.45) is 0.687. The molecule has 0 unspecified atom stereocenters. The first-order valence-electron chi connectivity index (χ1n) is 8.88. The number of hydrogen-bond acceptors (Lipinski definition) is 5. The molecule has 0 aliphatic carbocycles. The maximum Gasteiger partial charge on any atom is 0.240 e. The highest BCUT2D eigenvalue weighted by Gasteiger charge is 2.17. The molecule has 7 heteroatoms. The Morgan fingerprint density at radius 1 is 0.929 bits per heavy atom. The molecule has 0 aromatic heterocycles. The fourth-order valence-corrected chi connectivity index (χ4v) is 2.72. The second-order valence-corrected chi connectivity index (χ2v) is 6.09. The van der Waals surface area contributed by atoms with Crippen molar-refractivity contribution in [2.45, 2.75) is 13.3 Å². The maximum atomic E-state index is 12.3. The van der Waals surface area contributed by atoms with Gasteiger partial charge in [0.2, 0.25) is 11.8 Å². The molecule has 0 bridgehead atoms. The minimum Gasteiger partial charge on any atom is -0.497 e. The zero-order valence-corrected chi connectivity index (χ0v) is 16.7. The highest BCUT2D eigenvalue weighted by Crippen LogP contribution is 2.31. The molecule has 28 heavy (non-hydrogen) atoms. The Kier molecular flexibility index (Phi) is 7.68. The van der Waals surface area contributed by atoms with Crippen molar-refractivity contribution in [1.82, 2.24) is 5.32 Å². The van der Waals surface area contributed by atoms with Crippen LogP contribution < -0.4 is 24.4 Å². The van der Waals surface area contributed by atoms with Gasteiger partial charge in [-0.3, -0.25) is 9.59 Å². The summed E-state index contributed by atoms with van der Waals surface area (Å²) in [5.74, 6) is 1.36. The summed E-state index contributed by atoms with van der Waals surface area (Å²) in [5, 5.41) is 2.85. The summed E-state index contributed by atoms with van der Waals surface area (Å²) in [7, 11) is 4.68. The summed E-state index contributed by atoms with van der Waals surface area (Å²) in [6, 6.07) is 12.8. The molecule has 0 radical (unpaired) electrons. The summed E-state index contributed by atoms with van der Waals surface area (Å²) in [5.41, 5.74) is 1.65. The van der Waals surface area contributed by atoms with Crippen LogP contribution >= 0.6 is 0 Å². The third-order valence-electron chi connectivity index (χ3n) is 4.26. The van der Waals surface area contributed by atoms with Gasteiger partial charge >= 0.3 is 0 Å². The van der Waals surface area contributed by atoms with Gasteiger partial charge in [0.25, 0.3) is 0 Å². The number of hydrogen-bond donors (Lipinski definition) is 1. The van der Waals surface area contributed by atoms with E-state index in [0.717, 1.165) is 11.3 Å². The van der Waals surface area contributed by atoms with Crippen molar-refractivity contribution in [2.24, 2.45) is 0 Å². The van der Waals surface area contributed by atoms with Crippen molar-refractivity contribution in [3.8, 4) is 17.2 Å². The standard InChI is InChI=1S/C21H26N2O5/c1-15(24)23(17-7-10-19(27-3)20(13-17)28-4)14-21(25)22-12-11-16-5-8-18(26-2)9-6-16/h5-10,13H,11-12,14H2,1-4H3,(H,22,25). The number of carbonyl (C=O) groups excluding carboxylic acids is 2. The fourth-order valence-electron chi connectivity index (χ4n) is 2.72. The summed E-state index contributed by atoms with van der Waals surface area (Å²) in [6.45, 7) is 1.82. The van der Waals surface area contributed by atoms with Gasteiger partial charge in [-0.1, -0.05) is 12.1 Å². The zero-order valence-electron chi connectivity index (χ0n) is 16.7. The van der Waals surface area contributed by atoms with Crippen LogP contribution in [0.4, 0.5) is 5.69 Å². The SMILES string of the molecule is COc1ccc(CCNC(=O)CN(C(C)=O)c2ccc(OC)c(OC)c2)cc1. The number of nitrogens with one attached hydrogen (secondary N) is 1. The lowest BCUT2D eigenvalue weighted by Crippen LogP contribution is -2.40. The smallest absolute Gasteiger partial charge is 0.240 e. The van der Waals surface area contributed by atoms with Crippen LogP contribution in [0.1, 0.15) is 12.5 Å². The molecule has 0 heterocycles. The van der Waals surface area contributed by atoms with Gasteiger partial charge in [0, 0.05) is 25.2 Å². The summed E-state index contributed by atoms with van der Waals surface area (Å²) < 4.78 is 15.6. The third-order valence-corrected chi connectivity index (χ3v) is 4.26. The first-order chi connectivity index (χ1) is 13.5. The lowest BCUT2D eigenvalue weighted by molar-refractivity contribution is -0.123. The van der Waals surface area contributed by atoms with Crippen LogP contribution in [0.5, 0.6) is 17.2 Å². The van der Waals surface area contributed by atoms with E-state index < -0.39 is 0 Å². The van der Waals surface area contributed by atoms with Crippen molar-refractivity contribution in [2.75, 3.05) is 39.3 Å². The Balaban J connectivity index is 1.95. The van der Waals surface area contributed by atoms with Crippen molar-refractivity contribution in [1.29, 1.82) is 0 Å². The van der Waals surface area contributed by atoms with E-state index >= 15 is 0 Å². The molecule has 0 aliphatic heterocycles. The molecule has 0 atom stereocenters. The van der Waals surface area contributed by atoms with Gasteiger partial charge in [0.05, 0.1) is 21.3 Å². The van der Waals surface area contributed by atoms with E-state index in [2.05, 4.69) is 5.32 Å². The molecule has 2 aromatic carbocycles. The predicted octanol–water partition coefficient (Wildman–Crippen LogP) is 2.42. The van der Waals surface area contributed by atoms with E-state index in [1.54, 1.807) is 25.3 Å². The number of rotatable bonds is 9. The fraction of sp³-hybridized carbons (Fsp3) is 0.333. The molecule has 150 valence electrons. The molecule has 0 spiro atoms. The Morgan fingerprint density at radius 2 is 1.61 bits per heavy atom. The predicted molar refractivity (Wildman–Crippen MR) is 107 cm³/mol. The average molecular weight is 386 g/mol. The van der Waals surface area contributed by atoms with Crippen molar-refractivity contribution in [3.05, 3.63) is 48.0 Å². The maximum absolute atomic E-state index is 12.3. The first kappa shape index (κ1) is 21.1. The second-order valence-electron chi connectivity index (χ2n) is 6.09. The van der Waals surface area contributed by atoms with Gasteiger partial charge < -0.3 is 24.4 Å². The Labute approximate surface area is 165 Å². The highest BCUT2D eigenvalue weighted by atomic mass is 16.5. The van der Waals surface area contributed by atoms with Gasteiger partial charge in [-0.25, -0.2) is 0 Å². The normalized spacial score (nSPS) is 10.1. The van der Waals surface area contributed by atoms with Gasteiger partial charge in [0.1, 0.15) is 12.3 Å². The Hall–Kier alpha value is -3.22. The molecule has 2 aromatic rings. The molecule has 0 fully saturated rings. The van der Waals surface area contributed by atoms with Crippen LogP contribution in [-0.2, 0) is 16.0 Å². The molecule has 0 aliphatic rings. The second kappa shape index (κ2) is 10.2. The largest absolute Gasteiger partial charge is 0.497 e. The summed E-state index contributed by atoms with van der Waals surface area (Å²) >= 11 is 0. The number of ether oxygens (including phenoxy) is 3. The third kappa shape index (κ3) is 5.64. The van der Waals surface area contributed by atoms with Crippen LogP contribution in [0.2, 0.25) is 0 Å². The van der Waals surface area contributed by atoms with E-state index in [1.807, 2.05) is 24.3 Å². The van der Waals surface area contributed by atoms with E-state index in [1.165, 1.54) is 26.0 Å². The van der Waals surface area contributed by atoms with Crippen LogP contribution in [-0.4, -0.2) is 46.2 Å². The molecule has 7 nitrogen and oxygen atoms in total. The molecule has 2 amide bonds. The summed E-state index contributed by atoms with van der Waals surface area (Å²) in [4.78, 5) is 25.8. The van der Waals surface area contributed by atoms with Crippen molar-refractivity contribution in [3.63, 3.8) is 0 Å². The van der Waals surface area contributed by atoms with E-state index in [4.69, 9.17) is 14.2 Å². The van der Waals surface area contributed by atoms with Crippen molar-refractivity contribution < 1.29 is 23.8 Å². The van der Waals surface area contributed by atoms with E-state index in [9.17, 15) is 9.59 Å². The molecule has 1 N–H and O–H groups in total. The van der Waals surface area contributed by atoms with Crippen LogP contribution in [0.15, 0.2) is 42.5 Å². The number of amides is 2. The molecule has 0 saturated carbocycles. The number of carbonyl (C=O) groups is 2. The Morgan fingerprint density at radius 3 is 2.18 bits per heavy atom. The molecular weight excluding hydrogens is 360 g/mol. The number of methoxy groups -OCH3 is 3. The van der Waals surface area contributed by atoms with Crippen LogP contribution in [0.25, 0.3) is 0 Å². The molecular formula is C21H26N2O5. The number of anilines is 1. The van der Waals surface area contributed by atoms with E-state index in [0.29, 0.717) is 30.2 Å². The monoisotopic (exact) mass is 386 g/mol. The minimum absolute atomic E-state index is 0.0760. The molecule has 2 rings (SSSR count). The molecule has 0 saturated heterocycles. The zero-order chi connectivity index (χ0) is 20.5. The van der Waals surface area contributed by atoms with Crippen LogP contribution in [0.3, 0.4) is 0 Å². The Bertz CT molecular complexity index is 805. The lowest BCUT2D eigenvalue weighted by Gasteiger charge is -2.22. The average Bonchev–Trinajstić information content (AvgIpc) is 2.71. The van der Waals surface area contributed by atoms with Gasteiger partial charge in [-0.15, -0.1) is 0 Å². The van der Waals surface area contributed by atoms with Crippen LogP contribution in [0, 0.1) is 0 Å². The van der Waals surface area contributed by atoms with Gasteiger partial charge in [-0.2, -0.15) is 0 Å². The quantitative estimate of drug-likeness (QED) is 0.716. The topological polar surface area (TPSA) is 77.1 Å².